The summed E-state index contributed by atoms with van der Waals surface area (Å²) >= 11 is 0. The van der Waals surface area contributed by atoms with Crippen molar-refractivity contribution >= 4 is 29.9 Å². The third-order valence-corrected chi connectivity index (χ3v) is 5.17. The largest absolute Gasteiger partial charge is 0.379 e. The van der Waals surface area contributed by atoms with E-state index < -0.39 is 0 Å². The molecular weight excluding hydrogens is 415 g/mol. The maximum Gasteiger partial charge on any atom is 0.191 e. The van der Waals surface area contributed by atoms with Crippen LogP contribution in [-0.4, -0.2) is 62.8 Å². The summed E-state index contributed by atoms with van der Waals surface area (Å²) in [6.45, 7) is 16.0. The van der Waals surface area contributed by atoms with Crippen molar-refractivity contribution in [2.24, 2.45) is 16.8 Å². The summed E-state index contributed by atoms with van der Waals surface area (Å²) in [5, 5.41) is 7.05. The van der Waals surface area contributed by atoms with Crippen LogP contribution in [0.1, 0.15) is 47.5 Å². The number of nitrogens with one attached hydrogen (secondary N) is 2. The van der Waals surface area contributed by atoms with Crippen LogP contribution >= 0.6 is 24.0 Å². The van der Waals surface area contributed by atoms with Gasteiger partial charge in [-0.15, -0.1) is 24.0 Å². The van der Waals surface area contributed by atoms with Crippen molar-refractivity contribution in [2.75, 3.05) is 39.9 Å². The zero-order valence-corrected chi connectivity index (χ0v) is 18.8. The predicted octanol–water partition coefficient (Wildman–Crippen LogP) is 2.95. The molecule has 1 aliphatic heterocycles. The molecular formula is C18H39IN4O. The Morgan fingerprint density at radius 1 is 1.12 bits per heavy atom. The molecule has 1 rings (SSSR count). The second-order valence-corrected chi connectivity index (χ2v) is 6.92. The molecule has 1 aliphatic rings. The van der Waals surface area contributed by atoms with Gasteiger partial charge in [0, 0.05) is 38.8 Å². The standard InChI is InChI=1S/C18H38N4O.HI/c1-7-16(8-2)17(22-9-11-23-12-10-22)13-20-18(19-6)21-15(5)14(3)4;/h14-17H,7-13H2,1-6H3,(H2,19,20,21);1H. The van der Waals surface area contributed by atoms with Crippen LogP contribution in [0.4, 0.5) is 0 Å². The van der Waals surface area contributed by atoms with Crippen LogP contribution in [0.3, 0.4) is 0 Å². The lowest BCUT2D eigenvalue weighted by Gasteiger charge is -2.39. The number of guanidine groups is 1. The smallest absolute Gasteiger partial charge is 0.191 e. The van der Waals surface area contributed by atoms with Crippen molar-refractivity contribution in [1.29, 1.82) is 0 Å². The fourth-order valence-corrected chi connectivity index (χ4v) is 3.11. The van der Waals surface area contributed by atoms with Gasteiger partial charge in [0.15, 0.2) is 5.96 Å². The molecule has 0 saturated carbocycles. The number of ether oxygens (including phenoxy) is 1. The van der Waals surface area contributed by atoms with Gasteiger partial charge in [0.25, 0.3) is 0 Å². The molecule has 2 unspecified atom stereocenters. The lowest BCUT2D eigenvalue weighted by atomic mass is 9.92. The lowest BCUT2D eigenvalue weighted by molar-refractivity contribution is 0.00271. The Bertz CT molecular complexity index is 342. The average Bonchev–Trinajstić information content (AvgIpc) is 2.57. The molecule has 6 heteroatoms. The van der Waals surface area contributed by atoms with Gasteiger partial charge in [0.05, 0.1) is 13.2 Å². The number of hydrogen-bond acceptors (Lipinski definition) is 3. The monoisotopic (exact) mass is 454 g/mol. The second-order valence-electron chi connectivity index (χ2n) is 6.92. The third-order valence-electron chi connectivity index (χ3n) is 5.17. The molecule has 5 nitrogen and oxygen atoms in total. The first kappa shape index (κ1) is 23.9. The summed E-state index contributed by atoms with van der Waals surface area (Å²) in [7, 11) is 1.85. The van der Waals surface area contributed by atoms with Crippen molar-refractivity contribution in [2.45, 2.75) is 59.5 Å². The summed E-state index contributed by atoms with van der Waals surface area (Å²) in [6, 6.07) is 0.956. The van der Waals surface area contributed by atoms with Crippen LogP contribution in [0.5, 0.6) is 0 Å². The Morgan fingerprint density at radius 2 is 1.71 bits per heavy atom. The average molecular weight is 454 g/mol. The summed E-state index contributed by atoms with van der Waals surface area (Å²) in [4.78, 5) is 6.98. The van der Waals surface area contributed by atoms with Crippen LogP contribution in [0, 0.1) is 11.8 Å². The number of aliphatic imine (C=N–C) groups is 1. The van der Waals surface area contributed by atoms with Crippen molar-refractivity contribution in [3.8, 4) is 0 Å². The zero-order valence-electron chi connectivity index (χ0n) is 16.5. The first-order valence-corrected chi connectivity index (χ1v) is 9.32. The van der Waals surface area contributed by atoms with E-state index in [1.54, 1.807) is 0 Å². The Hall–Kier alpha value is -0.0800. The quantitative estimate of drug-likeness (QED) is 0.337. The van der Waals surface area contributed by atoms with Gasteiger partial charge in [-0.25, -0.2) is 0 Å². The van der Waals surface area contributed by atoms with E-state index in [9.17, 15) is 0 Å². The summed E-state index contributed by atoms with van der Waals surface area (Å²) in [5.41, 5.74) is 0. The summed E-state index contributed by atoms with van der Waals surface area (Å²) in [5.74, 6) is 2.21. The highest BCUT2D eigenvalue weighted by Crippen LogP contribution is 2.19. The minimum absolute atomic E-state index is 0. The van der Waals surface area contributed by atoms with E-state index in [4.69, 9.17) is 4.74 Å². The Kier molecular flexibility index (Phi) is 13.1. The lowest BCUT2D eigenvalue weighted by Crippen LogP contribution is -2.54. The van der Waals surface area contributed by atoms with Crippen LogP contribution in [0.2, 0.25) is 0 Å². The number of nitrogens with zero attached hydrogens (tertiary/aromatic N) is 2. The molecule has 2 atom stereocenters. The van der Waals surface area contributed by atoms with Crippen LogP contribution in [0.15, 0.2) is 4.99 Å². The molecule has 0 amide bonds. The minimum atomic E-state index is 0. The molecule has 0 aromatic heterocycles. The first-order chi connectivity index (χ1) is 11.0. The molecule has 0 radical (unpaired) electrons. The number of halogens is 1. The van der Waals surface area contributed by atoms with Crippen LogP contribution in [0.25, 0.3) is 0 Å². The predicted molar refractivity (Wildman–Crippen MR) is 114 cm³/mol. The molecule has 0 aliphatic carbocycles. The van der Waals surface area contributed by atoms with E-state index in [2.05, 4.69) is 55.1 Å². The highest BCUT2D eigenvalue weighted by Gasteiger charge is 2.27. The molecule has 1 saturated heterocycles. The van der Waals surface area contributed by atoms with Crippen molar-refractivity contribution < 1.29 is 4.74 Å². The van der Waals surface area contributed by atoms with E-state index >= 15 is 0 Å². The number of rotatable bonds is 8. The molecule has 0 aromatic rings. The number of morpholine rings is 1. The highest BCUT2D eigenvalue weighted by atomic mass is 127. The fourth-order valence-electron chi connectivity index (χ4n) is 3.11. The van der Waals surface area contributed by atoms with Gasteiger partial charge in [0.1, 0.15) is 0 Å². The SMILES string of the molecule is CCC(CC)C(CNC(=NC)NC(C)C(C)C)N1CCOCC1.I. The van der Waals surface area contributed by atoms with Gasteiger partial charge < -0.3 is 15.4 Å². The molecule has 1 heterocycles. The molecule has 0 spiro atoms. The van der Waals surface area contributed by atoms with E-state index in [0.717, 1.165) is 38.8 Å². The molecule has 144 valence electrons. The van der Waals surface area contributed by atoms with Gasteiger partial charge in [0.2, 0.25) is 0 Å². The Morgan fingerprint density at radius 3 is 2.17 bits per heavy atom. The molecule has 24 heavy (non-hydrogen) atoms. The van der Waals surface area contributed by atoms with Gasteiger partial charge in [-0.2, -0.15) is 0 Å². The van der Waals surface area contributed by atoms with Crippen molar-refractivity contribution in [3.05, 3.63) is 0 Å². The van der Waals surface area contributed by atoms with Crippen LogP contribution in [-0.2, 0) is 4.74 Å². The van der Waals surface area contributed by atoms with E-state index in [1.165, 1.54) is 12.8 Å². The van der Waals surface area contributed by atoms with E-state index in [0.29, 0.717) is 23.9 Å². The topological polar surface area (TPSA) is 48.9 Å². The number of hydrogen-bond donors (Lipinski definition) is 2. The van der Waals surface area contributed by atoms with E-state index in [1.807, 2.05) is 7.05 Å². The Labute approximate surface area is 166 Å². The molecule has 0 aromatic carbocycles. The summed E-state index contributed by atoms with van der Waals surface area (Å²) < 4.78 is 5.52. The zero-order chi connectivity index (χ0) is 17.2. The third kappa shape index (κ3) is 7.87. The Balaban J connectivity index is 0.00000529. The van der Waals surface area contributed by atoms with Crippen molar-refractivity contribution in [1.82, 2.24) is 15.5 Å². The molecule has 1 fully saturated rings. The van der Waals surface area contributed by atoms with Gasteiger partial charge in [-0.3, -0.25) is 9.89 Å². The summed E-state index contributed by atoms with van der Waals surface area (Å²) in [6.07, 6.45) is 2.43. The molecule has 0 bridgehead atoms. The fraction of sp³-hybridized carbons (Fsp3) is 0.944. The highest BCUT2D eigenvalue weighted by molar-refractivity contribution is 14.0. The van der Waals surface area contributed by atoms with Gasteiger partial charge in [-0.1, -0.05) is 40.5 Å². The van der Waals surface area contributed by atoms with Crippen molar-refractivity contribution in [3.63, 3.8) is 0 Å². The normalized spacial score (nSPS) is 19.1. The second kappa shape index (κ2) is 13.2. The van der Waals surface area contributed by atoms with Gasteiger partial charge >= 0.3 is 0 Å². The van der Waals surface area contributed by atoms with E-state index in [-0.39, 0.29) is 24.0 Å². The minimum Gasteiger partial charge on any atom is -0.379 e. The molecule has 2 N–H and O–H groups in total. The van der Waals surface area contributed by atoms with Gasteiger partial charge in [-0.05, 0) is 18.8 Å². The maximum atomic E-state index is 5.52. The first-order valence-electron chi connectivity index (χ1n) is 9.32. The van der Waals surface area contributed by atoms with Crippen LogP contribution < -0.4 is 10.6 Å². The maximum absolute atomic E-state index is 5.52.